The molecule has 0 aliphatic heterocycles. The maximum Gasteiger partial charge on any atom is 0.241 e. The van der Waals surface area contributed by atoms with Gasteiger partial charge in [-0.25, -0.2) is 0 Å². The molecule has 14 heavy (non-hydrogen) atoms. The van der Waals surface area contributed by atoms with Crippen molar-refractivity contribution < 1.29 is 4.79 Å². The number of rotatable bonds is 5. The Hall–Kier alpha value is -1.78. The molecule has 0 fully saturated rings. The minimum atomic E-state index is -0.0741. The summed E-state index contributed by atoms with van der Waals surface area (Å²) in [5.74, 6) is 0.346. The predicted octanol–water partition coefficient (Wildman–Crippen LogP) is 0.158. The van der Waals surface area contributed by atoms with E-state index in [4.69, 9.17) is 5.73 Å². The Kier molecular flexibility index (Phi) is 3.72. The lowest BCUT2D eigenvalue weighted by Crippen LogP contribution is -2.28. The number of nitrogen functional groups attached to an aromatic ring is 1. The molecular formula is C9H14N4O. The highest BCUT2D eigenvalue weighted by atomic mass is 16.2. The molecule has 0 aromatic carbocycles. The number of hydrogen-bond acceptors (Lipinski definition) is 3. The van der Waals surface area contributed by atoms with Crippen molar-refractivity contribution >= 4 is 11.7 Å². The van der Waals surface area contributed by atoms with E-state index in [1.54, 1.807) is 18.3 Å². The van der Waals surface area contributed by atoms with Crippen LogP contribution in [0.5, 0.6) is 0 Å². The van der Waals surface area contributed by atoms with Crippen LogP contribution in [0, 0.1) is 0 Å². The lowest BCUT2D eigenvalue weighted by molar-refractivity contribution is -0.121. The quantitative estimate of drug-likeness (QED) is 0.518. The maximum absolute atomic E-state index is 11.2. The third kappa shape index (κ3) is 3.30. The number of carbonyl (C=O) groups is 1. The molecule has 5 heteroatoms. The fourth-order valence-corrected chi connectivity index (χ4v) is 0.982. The Morgan fingerprint density at radius 2 is 2.57 bits per heavy atom. The van der Waals surface area contributed by atoms with E-state index in [0.29, 0.717) is 12.4 Å². The monoisotopic (exact) mass is 194 g/mol. The molecule has 0 saturated carbocycles. The summed E-state index contributed by atoms with van der Waals surface area (Å²) >= 11 is 0. The minimum absolute atomic E-state index is 0.0741. The van der Waals surface area contributed by atoms with Gasteiger partial charge in [0, 0.05) is 12.7 Å². The Bertz CT molecular complexity index is 318. The van der Waals surface area contributed by atoms with Crippen LogP contribution in [0.25, 0.3) is 0 Å². The molecule has 0 radical (unpaired) electrons. The van der Waals surface area contributed by atoms with E-state index < -0.39 is 0 Å². The molecule has 0 atom stereocenters. The van der Waals surface area contributed by atoms with E-state index >= 15 is 0 Å². The first kappa shape index (κ1) is 10.3. The van der Waals surface area contributed by atoms with Gasteiger partial charge in [0.15, 0.2) is 0 Å². The molecule has 0 spiro atoms. The smallest absolute Gasteiger partial charge is 0.241 e. The second-order valence-electron chi connectivity index (χ2n) is 2.87. The first-order valence-electron chi connectivity index (χ1n) is 4.39. The largest absolute Gasteiger partial charge is 0.382 e. The summed E-state index contributed by atoms with van der Waals surface area (Å²) in [6.45, 7) is 4.37. The molecule has 0 aliphatic carbocycles. The maximum atomic E-state index is 11.2. The van der Waals surface area contributed by atoms with Gasteiger partial charge in [-0.15, -0.1) is 6.58 Å². The summed E-state index contributed by atoms with van der Waals surface area (Å²) in [7, 11) is 0. The van der Waals surface area contributed by atoms with Crippen molar-refractivity contribution in [2.75, 3.05) is 12.3 Å². The van der Waals surface area contributed by atoms with Crippen LogP contribution in [0.4, 0.5) is 5.82 Å². The molecule has 0 saturated heterocycles. The van der Waals surface area contributed by atoms with E-state index in [9.17, 15) is 4.79 Å². The number of aromatic nitrogens is 2. The Morgan fingerprint density at radius 1 is 1.79 bits per heavy atom. The minimum Gasteiger partial charge on any atom is -0.382 e. The van der Waals surface area contributed by atoms with Crippen molar-refractivity contribution in [3.63, 3.8) is 0 Å². The van der Waals surface area contributed by atoms with Gasteiger partial charge in [0.2, 0.25) is 5.91 Å². The standard InChI is InChI=1S/C9H14N4O/c1-2-3-5-11-9(14)7-13-6-4-8(10)12-13/h2,4,6H,1,3,5,7H2,(H2,10,12)(H,11,14). The fraction of sp³-hybridized carbons (Fsp3) is 0.333. The highest BCUT2D eigenvalue weighted by Gasteiger charge is 2.01. The summed E-state index contributed by atoms with van der Waals surface area (Å²) < 4.78 is 1.50. The van der Waals surface area contributed by atoms with E-state index in [2.05, 4.69) is 17.0 Å². The highest BCUT2D eigenvalue weighted by molar-refractivity contribution is 5.75. The van der Waals surface area contributed by atoms with Crippen molar-refractivity contribution in [2.45, 2.75) is 13.0 Å². The average molecular weight is 194 g/mol. The van der Waals surface area contributed by atoms with Gasteiger partial charge in [-0.05, 0) is 12.5 Å². The van der Waals surface area contributed by atoms with Crippen molar-refractivity contribution in [3.8, 4) is 0 Å². The molecule has 5 nitrogen and oxygen atoms in total. The molecule has 1 heterocycles. The molecule has 1 rings (SSSR count). The third-order valence-corrected chi connectivity index (χ3v) is 1.64. The van der Waals surface area contributed by atoms with Crippen LogP contribution in [0.15, 0.2) is 24.9 Å². The summed E-state index contributed by atoms with van der Waals surface area (Å²) in [5, 5.41) is 6.62. The number of nitrogens with one attached hydrogen (secondary N) is 1. The van der Waals surface area contributed by atoms with E-state index in [1.807, 2.05) is 0 Å². The van der Waals surface area contributed by atoms with Gasteiger partial charge in [-0.2, -0.15) is 5.10 Å². The van der Waals surface area contributed by atoms with Gasteiger partial charge in [-0.3, -0.25) is 9.48 Å². The number of nitrogens with two attached hydrogens (primary N) is 1. The van der Waals surface area contributed by atoms with Crippen LogP contribution in [0.3, 0.4) is 0 Å². The van der Waals surface area contributed by atoms with Crippen molar-refractivity contribution in [1.82, 2.24) is 15.1 Å². The van der Waals surface area contributed by atoms with Crippen molar-refractivity contribution in [1.29, 1.82) is 0 Å². The first-order chi connectivity index (χ1) is 6.72. The van der Waals surface area contributed by atoms with Crippen LogP contribution in [0.2, 0.25) is 0 Å². The molecule has 1 amide bonds. The van der Waals surface area contributed by atoms with Crippen molar-refractivity contribution in [2.24, 2.45) is 0 Å². The van der Waals surface area contributed by atoms with Gasteiger partial charge in [0.1, 0.15) is 12.4 Å². The number of nitrogens with zero attached hydrogens (tertiary/aromatic N) is 2. The molecule has 0 bridgehead atoms. The van der Waals surface area contributed by atoms with Crippen LogP contribution in [-0.2, 0) is 11.3 Å². The number of carbonyl (C=O) groups excluding carboxylic acids is 1. The molecule has 0 aliphatic rings. The third-order valence-electron chi connectivity index (χ3n) is 1.64. The van der Waals surface area contributed by atoms with E-state index in [1.165, 1.54) is 4.68 Å². The fourth-order valence-electron chi connectivity index (χ4n) is 0.982. The summed E-state index contributed by atoms with van der Waals surface area (Å²) in [4.78, 5) is 11.2. The number of hydrogen-bond donors (Lipinski definition) is 2. The van der Waals surface area contributed by atoms with Crippen LogP contribution >= 0.6 is 0 Å². The average Bonchev–Trinajstić information content (AvgIpc) is 2.52. The van der Waals surface area contributed by atoms with Gasteiger partial charge in [0.05, 0.1) is 0 Å². The van der Waals surface area contributed by atoms with Gasteiger partial charge >= 0.3 is 0 Å². The molecule has 3 N–H and O–H groups in total. The molecule has 76 valence electrons. The Morgan fingerprint density at radius 3 is 3.14 bits per heavy atom. The van der Waals surface area contributed by atoms with E-state index in [0.717, 1.165) is 6.42 Å². The zero-order valence-corrected chi connectivity index (χ0v) is 7.94. The predicted molar refractivity (Wildman–Crippen MR) is 54.5 cm³/mol. The molecular weight excluding hydrogens is 180 g/mol. The number of amides is 1. The SMILES string of the molecule is C=CCCNC(=O)Cn1ccc(N)n1. The van der Waals surface area contributed by atoms with Crippen molar-refractivity contribution in [3.05, 3.63) is 24.9 Å². The highest BCUT2D eigenvalue weighted by Crippen LogP contribution is 1.94. The Balaban J connectivity index is 2.30. The second-order valence-corrected chi connectivity index (χ2v) is 2.87. The lowest BCUT2D eigenvalue weighted by Gasteiger charge is -2.02. The van der Waals surface area contributed by atoms with Gasteiger partial charge in [-0.1, -0.05) is 6.08 Å². The van der Waals surface area contributed by atoms with Crippen LogP contribution < -0.4 is 11.1 Å². The zero-order valence-electron chi connectivity index (χ0n) is 7.94. The molecule has 1 aromatic heterocycles. The second kappa shape index (κ2) is 5.06. The topological polar surface area (TPSA) is 72.9 Å². The summed E-state index contributed by atoms with van der Waals surface area (Å²) in [6, 6.07) is 1.65. The van der Waals surface area contributed by atoms with Gasteiger partial charge < -0.3 is 11.1 Å². The lowest BCUT2D eigenvalue weighted by atomic mass is 10.4. The molecule has 1 aromatic rings. The molecule has 0 unspecified atom stereocenters. The van der Waals surface area contributed by atoms with Crippen LogP contribution in [-0.4, -0.2) is 22.2 Å². The number of anilines is 1. The zero-order chi connectivity index (χ0) is 10.4. The Labute approximate surface area is 82.6 Å². The van der Waals surface area contributed by atoms with Crippen LogP contribution in [0.1, 0.15) is 6.42 Å². The first-order valence-corrected chi connectivity index (χ1v) is 4.39. The van der Waals surface area contributed by atoms with Gasteiger partial charge in [0.25, 0.3) is 0 Å². The van der Waals surface area contributed by atoms with E-state index in [-0.39, 0.29) is 12.5 Å². The summed E-state index contributed by atoms with van der Waals surface area (Å²) in [6.07, 6.45) is 4.20. The summed E-state index contributed by atoms with van der Waals surface area (Å²) in [5.41, 5.74) is 5.40. The normalized spacial score (nSPS) is 9.71.